The molecule has 0 saturated carbocycles. The Morgan fingerprint density at radius 1 is 1.16 bits per heavy atom. The fraction of sp³-hybridized carbons (Fsp3) is 0.720. The molecule has 6 atom stereocenters. The zero-order valence-electron chi connectivity index (χ0n) is 20.0. The Hall–Kier alpha value is -1.12. The van der Waals surface area contributed by atoms with Gasteiger partial charge in [0.25, 0.3) is 0 Å². The van der Waals surface area contributed by atoms with Gasteiger partial charge in [0.1, 0.15) is 12.2 Å². The Kier molecular flexibility index (Phi) is 9.44. The Bertz CT molecular complexity index is 710. The molecule has 32 heavy (non-hydrogen) atoms. The predicted octanol–water partition coefficient (Wildman–Crippen LogP) is 4.83. The number of nitrogens with one attached hydrogen (secondary N) is 1. The molecule has 1 aromatic rings. The third kappa shape index (κ3) is 7.19. The van der Waals surface area contributed by atoms with Gasteiger partial charge in [-0.15, -0.1) is 11.8 Å². The summed E-state index contributed by atoms with van der Waals surface area (Å²) in [6.45, 7) is 11.3. The maximum Gasteiger partial charge on any atom is 0.217 e. The van der Waals surface area contributed by atoms with Crippen molar-refractivity contribution in [2.24, 2.45) is 0 Å². The first kappa shape index (κ1) is 25.5. The lowest BCUT2D eigenvalue weighted by atomic mass is 9.98. The van der Waals surface area contributed by atoms with Crippen LogP contribution < -0.4 is 5.32 Å². The number of benzene rings is 1. The molecule has 2 fully saturated rings. The van der Waals surface area contributed by atoms with Crippen LogP contribution >= 0.6 is 11.8 Å². The van der Waals surface area contributed by atoms with Crippen molar-refractivity contribution in [2.45, 2.75) is 101 Å². The van der Waals surface area contributed by atoms with E-state index in [9.17, 15) is 4.79 Å². The Morgan fingerprint density at radius 2 is 1.91 bits per heavy atom. The van der Waals surface area contributed by atoms with E-state index in [2.05, 4.69) is 33.0 Å². The van der Waals surface area contributed by atoms with Crippen LogP contribution in [0.1, 0.15) is 72.2 Å². The van der Waals surface area contributed by atoms with Gasteiger partial charge >= 0.3 is 0 Å². The van der Waals surface area contributed by atoms with Crippen LogP contribution in [0.2, 0.25) is 0 Å². The highest BCUT2D eigenvalue weighted by Gasteiger charge is 2.51. The van der Waals surface area contributed by atoms with Crippen molar-refractivity contribution in [1.29, 1.82) is 0 Å². The number of fused-ring (bicyclic) bond motifs is 1. The summed E-state index contributed by atoms with van der Waals surface area (Å²) < 4.78 is 25.0. The second-order valence-electron chi connectivity index (χ2n) is 9.57. The lowest BCUT2D eigenvalue weighted by Gasteiger charge is -2.50. The molecule has 1 amide bonds. The molecule has 2 aliphatic rings. The standard InChI is InChI=1S/C25H39NO5S/c1-6-7-8-12-15-28-24-20(26-17(2)27)22(32-25(3,4)5)21-19(30-24)16-29-23(31-21)18-13-10-9-11-14-18/h9-11,13-14,19-24H,6-8,12,15-16H2,1-5H3,(H,26,27)/t19-,20-,21-,22-,23-,24-/m1/s1. The minimum absolute atomic E-state index is 0.0289. The summed E-state index contributed by atoms with van der Waals surface area (Å²) >= 11 is 1.81. The van der Waals surface area contributed by atoms with Gasteiger partial charge in [0.05, 0.1) is 17.9 Å². The smallest absolute Gasteiger partial charge is 0.217 e. The highest BCUT2D eigenvalue weighted by Crippen LogP contribution is 2.42. The molecular weight excluding hydrogens is 426 g/mol. The molecule has 180 valence electrons. The third-order valence-electron chi connectivity index (χ3n) is 5.55. The second kappa shape index (κ2) is 11.8. The first-order valence-corrected chi connectivity index (χ1v) is 12.7. The molecule has 2 heterocycles. The van der Waals surface area contributed by atoms with E-state index in [1.807, 2.05) is 30.3 Å². The summed E-state index contributed by atoms with van der Waals surface area (Å²) in [5, 5.41) is 3.08. The van der Waals surface area contributed by atoms with Gasteiger partial charge in [0.15, 0.2) is 12.6 Å². The van der Waals surface area contributed by atoms with E-state index in [1.54, 1.807) is 18.7 Å². The summed E-state index contributed by atoms with van der Waals surface area (Å²) in [5.41, 5.74) is 0.982. The largest absolute Gasteiger partial charge is 0.350 e. The van der Waals surface area contributed by atoms with Crippen molar-refractivity contribution >= 4 is 17.7 Å². The molecule has 1 aromatic carbocycles. The van der Waals surface area contributed by atoms with Crippen LogP contribution in [0.15, 0.2) is 30.3 Å². The van der Waals surface area contributed by atoms with Crippen LogP contribution in [0.5, 0.6) is 0 Å². The van der Waals surface area contributed by atoms with Gasteiger partial charge in [-0.05, 0) is 6.42 Å². The minimum atomic E-state index is -0.526. The number of amides is 1. The van der Waals surface area contributed by atoms with Crippen LogP contribution in [0.25, 0.3) is 0 Å². The minimum Gasteiger partial charge on any atom is -0.350 e. The van der Waals surface area contributed by atoms with E-state index < -0.39 is 12.6 Å². The van der Waals surface area contributed by atoms with Gasteiger partial charge in [-0.25, -0.2) is 0 Å². The van der Waals surface area contributed by atoms with Crippen LogP contribution in [-0.2, 0) is 23.7 Å². The van der Waals surface area contributed by atoms with Crippen molar-refractivity contribution in [1.82, 2.24) is 5.32 Å². The molecule has 0 spiro atoms. The van der Waals surface area contributed by atoms with Crippen molar-refractivity contribution in [3.63, 3.8) is 0 Å². The fourth-order valence-corrected chi connectivity index (χ4v) is 5.69. The molecule has 0 unspecified atom stereocenters. The average molecular weight is 466 g/mol. The topological polar surface area (TPSA) is 66.0 Å². The van der Waals surface area contributed by atoms with E-state index >= 15 is 0 Å². The van der Waals surface area contributed by atoms with Crippen molar-refractivity contribution in [3.05, 3.63) is 35.9 Å². The zero-order valence-corrected chi connectivity index (χ0v) is 20.9. The van der Waals surface area contributed by atoms with Gasteiger partial charge in [-0.3, -0.25) is 4.79 Å². The van der Waals surface area contributed by atoms with Gasteiger partial charge in [-0.1, -0.05) is 77.3 Å². The van der Waals surface area contributed by atoms with E-state index in [-0.39, 0.29) is 34.2 Å². The van der Waals surface area contributed by atoms with Gasteiger partial charge in [0.2, 0.25) is 5.91 Å². The normalized spacial score (nSPS) is 30.5. The van der Waals surface area contributed by atoms with Crippen molar-refractivity contribution in [3.8, 4) is 0 Å². The van der Waals surface area contributed by atoms with Gasteiger partial charge < -0.3 is 24.3 Å². The number of carbonyl (C=O) groups is 1. The molecule has 6 nitrogen and oxygen atoms in total. The molecule has 0 aromatic heterocycles. The fourth-order valence-electron chi connectivity index (χ4n) is 4.16. The Balaban J connectivity index is 1.80. The molecule has 0 aliphatic carbocycles. The highest BCUT2D eigenvalue weighted by atomic mass is 32.2. The maximum atomic E-state index is 12.1. The van der Waals surface area contributed by atoms with Crippen LogP contribution in [0.4, 0.5) is 0 Å². The molecule has 3 rings (SSSR count). The lowest BCUT2D eigenvalue weighted by Crippen LogP contribution is -2.66. The summed E-state index contributed by atoms with van der Waals surface area (Å²) in [6, 6.07) is 9.65. The summed E-state index contributed by atoms with van der Waals surface area (Å²) in [5.74, 6) is -0.0946. The van der Waals surface area contributed by atoms with E-state index in [4.69, 9.17) is 18.9 Å². The molecule has 7 heteroatoms. The summed E-state index contributed by atoms with van der Waals surface area (Å²) in [7, 11) is 0. The monoisotopic (exact) mass is 465 g/mol. The Morgan fingerprint density at radius 3 is 2.56 bits per heavy atom. The van der Waals surface area contributed by atoms with Gasteiger partial charge in [0, 0.05) is 23.8 Å². The van der Waals surface area contributed by atoms with E-state index in [0.29, 0.717) is 13.2 Å². The average Bonchev–Trinajstić information content (AvgIpc) is 2.75. The number of thioether (sulfide) groups is 1. The molecule has 1 N–H and O–H groups in total. The van der Waals surface area contributed by atoms with Gasteiger partial charge in [-0.2, -0.15) is 0 Å². The number of hydrogen-bond acceptors (Lipinski definition) is 6. The third-order valence-corrected chi connectivity index (χ3v) is 7.09. The number of hydrogen-bond donors (Lipinski definition) is 1. The second-order valence-corrected chi connectivity index (χ2v) is 11.6. The zero-order chi connectivity index (χ0) is 23.1. The molecule has 2 aliphatic heterocycles. The molecule has 2 saturated heterocycles. The van der Waals surface area contributed by atoms with Crippen LogP contribution in [-0.4, -0.2) is 53.7 Å². The van der Waals surface area contributed by atoms with E-state index in [1.165, 1.54) is 12.8 Å². The first-order chi connectivity index (χ1) is 15.3. The van der Waals surface area contributed by atoms with Crippen LogP contribution in [0.3, 0.4) is 0 Å². The highest BCUT2D eigenvalue weighted by molar-refractivity contribution is 8.01. The van der Waals surface area contributed by atoms with Crippen molar-refractivity contribution in [2.75, 3.05) is 13.2 Å². The number of ether oxygens (including phenoxy) is 4. The molecule has 0 bridgehead atoms. The predicted molar refractivity (Wildman–Crippen MR) is 127 cm³/mol. The number of unbranched alkanes of at least 4 members (excludes halogenated alkanes) is 3. The number of carbonyl (C=O) groups excluding carboxylic acids is 1. The molecular formula is C25H39NO5S. The lowest BCUT2D eigenvalue weighted by molar-refractivity contribution is -0.319. The summed E-state index contributed by atoms with van der Waals surface area (Å²) in [6.07, 6.45) is 3.03. The SMILES string of the molecule is CCCCCCO[C@@H]1O[C@@H]2CO[C@@H](c3ccccc3)O[C@H]2[C@H](SC(C)(C)C)[C@H]1NC(C)=O. The van der Waals surface area contributed by atoms with E-state index in [0.717, 1.165) is 18.4 Å². The Labute approximate surface area is 197 Å². The maximum absolute atomic E-state index is 12.1. The molecule has 0 radical (unpaired) electrons. The quantitative estimate of drug-likeness (QED) is 0.527. The number of rotatable bonds is 9. The summed E-state index contributed by atoms with van der Waals surface area (Å²) in [4.78, 5) is 12.1. The van der Waals surface area contributed by atoms with Crippen LogP contribution in [0, 0.1) is 0 Å². The van der Waals surface area contributed by atoms with Crippen molar-refractivity contribution < 1.29 is 23.7 Å². The first-order valence-electron chi connectivity index (χ1n) is 11.8.